The summed E-state index contributed by atoms with van der Waals surface area (Å²) >= 11 is 0. The first-order valence-electron chi connectivity index (χ1n) is 3.59. The number of carbonyl (C=O) groups excluding carboxylic acids is 1. The number of hydrogen-bond donors (Lipinski definition) is 1. The second-order valence-corrected chi connectivity index (χ2v) is 2.58. The van der Waals surface area contributed by atoms with Crippen molar-refractivity contribution in [1.82, 2.24) is 10.2 Å². The lowest BCUT2D eigenvalue weighted by atomic mass is 10.3. The van der Waals surface area contributed by atoms with E-state index < -0.39 is 0 Å². The zero-order chi connectivity index (χ0) is 7.68. The molecule has 0 radical (unpaired) electrons. The standard InChI is InChI=1S/C7H9N3O/c11-5-6-3-9-7-4-8-1-2-10(6)7/h1,4-6,9H,2-3H2. The van der Waals surface area contributed by atoms with Gasteiger partial charge in [0.2, 0.25) is 0 Å². The van der Waals surface area contributed by atoms with Gasteiger partial charge in [-0.3, -0.25) is 4.99 Å². The predicted molar refractivity (Wildman–Crippen MR) is 41.1 cm³/mol. The summed E-state index contributed by atoms with van der Waals surface area (Å²) in [6.45, 7) is 1.45. The molecule has 1 fully saturated rings. The molecule has 0 aliphatic carbocycles. The van der Waals surface area contributed by atoms with Crippen molar-refractivity contribution in [2.24, 2.45) is 4.99 Å². The Balaban J connectivity index is 2.21. The van der Waals surface area contributed by atoms with Gasteiger partial charge in [-0.15, -0.1) is 0 Å². The van der Waals surface area contributed by atoms with Crippen LogP contribution in [0.4, 0.5) is 0 Å². The highest BCUT2D eigenvalue weighted by Gasteiger charge is 2.27. The molecule has 1 atom stereocenters. The normalized spacial score (nSPS) is 27.5. The van der Waals surface area contributed by atoms with Crippen molar-refractivity contribution in [2.45, 2.75) is 6.04 Å². The highest BCUT2D eigenvalue weighted by atomic mass is 16.1. The minimum Gasteiger partial charge on any atom is -0.368 e. The van der Waals surface area contributed by atoms with Crippen molar-refractivity contribution >= 4 is 12.5 Å². The summed E-state index contributed by atoms with van der Waals surface area (Å²) in [5.74, 6) is 0.963. The van der Waals surface area contributed by atoms with Crippen molar-refractivity contribution < 1.29 is 4.79 Å². The fraction of sp³-hybridized carbons (Fsp3) is 0.429. The van der Waals surface area contributed by atoms with Crippen LogP contribution in [0.5, 0.6) is 0 Å². The van der Waals surface area contributed by atoms with Gasteiger partial charge in [-0.1, -0.05) is 0 Å². The Bertz CT molecular complexity index is 234. The van der Waals surface area contributed by atoms with Gasteiger partial charge in [0, 0.05) is 12.8 Å². The molecule has 4 heteroatoms. The molecule has 11 heavy (non-hydrogen) atoms. The maximum Gasteiger partial charge on any atom is 0.144 e. The molecule has 0 saturated carbocycles. The summed E-state index contributed by atoms with van der Waals surface area (Å²) in [7, 11) is 0. The van der Waals surface area contributed by atoms with E-state index in [1.165, 1.54) is 0 Å². The van der Waals surface area contributed by atoms with Crippen LogP contribution in [0.3, 0.4) is 0 Å². The first-order chi connectivity index (χ1) is 5.42. The SMILES string of the molecule is O=CC1CNC2=CN=CCN21. The third kappa shape index (κ3) is 0.906. The van der Waals surface area contributed by atoms with Gasteiger partial charge < -0.3 is 15.0 Å². The molecule has 0 aromatic carbocycles. The number of nitrogens with zero attached hydrogens (tertiary/aromatic N) is 2. The van der Waals surface area contributed by atoms with Crippen LogP contribution in [-0.4, -0.2) is 36.5 Å². The van der Waals surface area contributed by atoms with Crippen LogP contribution in [0.25, 0.3) is 0 Å². The van der Waals surface area contributed by atoms with Gasteiger partial charge in [-0.25, -0.2) is 0 Å². The van der Waals surface area contributed by atoms with Crippen molar-refractivity contribution in [2.75, 3.05) is 13.1 Å². The van der Waals surface area contributed by atoms with E-state index in [2.05, 4.69) is 10.3 Å². The Morgan fingerprint density at radius 2 is 2.73 bits per heavy atom. The Hall–Kier alpha value is -1.32. The summed E-state index contributed by atoms with van der Waals surface area (Å²) in [5.41, 5.74) is 0. The average molecular weight is 151 g/mol. The summed E-state index contributed by atoms with van der Waals surface area (Å²) in [6, 6.07) is -0.00648. The molecule has 1 unspecified atom stereocenters. The number of hydrogen-bond acceptors (Lipinski definition) is 4. The molecule has 2 heterocycles. The fourth-order valence-corrected chi connectivity index (χ4v) is 1.33. The molecular formula is C7H9N3O. The maximum absolute atomic E-state index is 10.5. The molecule has 2 aliphatic heterocycles. The number of aldehydes is 1. The van der Waals surface area contributed by atoms with E-state index in [4.69, 9.17) is 0 Å². The van der Waals surface area contributed by atoms with Gasteiger partial charge >= 0.3 is 0 Å². The van der Waals surface area contributed by atoms with E-state index in [1.54, 1.807) is 12.4 Å². The van der Waals surface area contributed by atoms with E-state index in [1.807, 2.05) is 4.90 Å². The van der Waals surface area contributed by atoms with Crippen LogP contribution in [0.1, 0.15) is 0 Å². The van der Waals surface area contributed by atoms with Crippen LogP contribution in [0, 0.1) is 0 Å². The first-order valence-corrected chi connectivity index (χ1v) is 3.59. The molecule has 0 spiro atoms. The summed E-state index contributed by atoms with van der Waals surface area (Å²) in [6.07, 6.45) is 4.51. The lowest BCUT2D eigenvalue weighted by Gasteiger charge is -2.21. The van der Waals surface area contributed by atoms with Crippen LogP contribution in [0.2, 0.25) is 0 Å². The van der Waals surface area contributed by atoms with Gasteiger partial charge in [-0.2, -0.15) is 0 Å². The van der Waals surface area contributed by atoms with Crippen LogP contribution < -0.4 is 5.32 Å². The van der Waals surface area contributed by atoms with Crippen molar-refractivity contribution in [3.8, 4) is 0 Å². The molecule has 0 aromatic rings. The van der Waals surface area contributed by atoms with Gasteiger partial charge in [0.15, 0.2) is 0 Å². The number of rotatable bonds is 1. The van der Waals surface area contributed by atoms with E-state index in [0.717, 1.165) is 18.7 Å². The van der Waals surface area contributed by atoms with Crippen LogP contribution >= 0.6 is 0 Å². The Kier molecular flexibility index (Phi) is 1.38. The molecule has 4 nitrogen and oxygen atoms in total. The number of carbonyl (C=O) groups is 1. The number of aliphatic imine (C=N–C) groups is 1. The zero-order valence-corrected chi connectivity index (χ0v) is 6.03. The monoisotopic (exact) mass is 151 g/mol. The van der Waals surface area contributed by atoms with Crippen LogP contribution in [0.15, 0.2) is 17.0 Å². The molecular weight excluding hydrogens is 142 g/mol. The third-order valence-corrected chi connectivity index (χ3v) is 1.94. The lowest BCUT2D eigenvalue weighted by Crippen LogP contribution is -2.33. The second-order valence-electron chi connectivity index (χ2n) is 2.58. The largest absolute Gasteiger partial charge is 0.368 e. The van der Waals surface area contributed by atoms with Gasteiger partial charge in [0.25, 0.3) is 0 Å². The highest BCUT2D eigenvalue weighted by Crippen LogP contribution is 2.13. The Morgan fingerprint density at radius 1 is 1.82 bits per heavy atom. The minimum atomic E-state index is -0.00648. The Morgan fingerprint density at radius 3 is 3.55 bits per heavy atom. The molecule has 2 rings (SSSR count). The van der Waals surface area contributed by atoms with Crippen molar-refractivity contribution in [3.05, 3.63) is 12.0 Å². The van der Waals surface area contributed by atoms with Crippen molar-refractivity contribution in [3.63, 3.8) is 0 Å². The Labute approximate surface area is 64.6 Å². The van der Waals surface area contributed by atoms with Gasteiger partial charge in [0.1, 0.15) is 18.1 Å². The highest BCUT2D eigenvalue weighted by molar-refractivity contribution is 5.66. The molecule has 58 valence electrons. The van der Waals surface area contributed by atoms with Gasteiger partial charge in [0.05, 0.1) is 12.7 Å². The molecule has 1 N–H and O–H groups in total. The molecule has 0 aromatic heterocycles. The van der Waals surface area contributed by atoms with Crippen LogP contribution in [-0.2, 0) is 4.79 Å². The van der Waals surface area contributed by atoms with E-state index in [0.29, 0.717) is 6.54 Å². The molecule has 0 bridgehead atoms. The van der Waals surface area contributed by atoms with Gasteiger partial charge in [-0.05, 0) is 0 Å². The summed E-state index contributed by atoms with van der Waals surface area (Å²) < 4.78 is 0. The maximum atomic E-state index is 10.5. The summed E-state index contributed by atoms with van der Waals surface area (Å²) in [4.78, 5) is 16.5. The topological polar surface area (TPSA) is 44.7 Å². The predicted octanol–water partition coefficient (Wildman–Crippen LogP) is -0.658. The second kappa shape index (κ2) is 2.38. The fourth-order valence-electron chi connectivity index (χ4n) is 1.33. The average Bonchev–Trinajstić information content (AvgIpc) is 2.47. The number of fused-ring (bicyclic) bond motifs is 1. The minimum absolute atomic E-state index is 0.00648. The lowest BCUT2D eigenvalue weighted by molar-refractivity contribution is -0.110. The molecule has 2 aliphatic rings. The van der Waals surface area contributed by atoms with E-state index >= 15 is 0 Å². The quantitative estimate of drug-likeness (QED) is 0.506. The third-order valence-electron chi connectivity index (χ3n) is 1.94. The first kappa shape index (κ1) is 6.39. The zero-order valence-electron chi connectivity index (χ0n) is 6.03. The van der Waals surface area contributed by atoms with E-state index in [-0.39, 0.29) is 6.04 Å². The van der Waals surface area contributed by atoms with E-state index in [9.17, 15) is 4.79 Å². The molecule has 1 saturated heterocycles. The number of nitrogens with one attached hydrogen (secondary N) is 1. The smallest absolute Gasteiger partial charge is 0.144 e. The summed E-state index contributed by atoms with van der Waals surface area (Å²) in [5, 5.41) is 3.10. The molecule has 0 amide bonds. The van der Waals surface area contributed by atoms with Crippen molar-refractivity contribution in [1.29, 1.82) is 0 Å².